The zero-order valence-electron chi connectivity index (χ0n) is 17.6. The quantitative estimate of drug-likeness (QED) is 0.391. The summed E-state index contributed by atoms with van der Waals surface area (Å²) in [5, 5.41) is 5.35. The number of pyridine rings is 1. The molecule has 0 fully saturated rings. The van der Waals surface area contributed by atoms with Crippen LogP contribution in [-0.2, 0) is 14.3 Å². The highest BCUT2D eigenvalue weighted by Crippen LogP contribution is 2.26. The van der Waals surface area contributed by atoms with Crippen LogP contribution in [0.2, 0.25) is 0 Å². The number of nitrogens with zero attached hydrogens (tertiary/aromatic N) is 1. The smallest absolute Gasteiger partial charge is 0.341 e. The predicted octanol–water partition coefficient (Wildman–Crippen LogP) is 4.38. The molecule has 1 heterocycles. The van der Waals surface area contributed by atoms with Gasteiger partial charge in [-0.1, -0.05) is 48.2 Å². The van der Waals surface area contributed by atoms with Crippen LogP contribution in [0.5, 0.6) is 0 Å². The first kappa shape index (κ1) is 23.0. The van der Waals surface area contributed by atoms with E-state index in [0.29, 0.717) is 16.4 Å². The van der Waals surface area contributed by atoms with Gasteiger partial charge in [-0.3, -0.25) is 9.59 Å². The standard InChI is InChI=1S/C24H23N3O4S/c1-16(21(28)26-18-10-5-3-6-11-18)31-24(30)20-14-9-15-25-23(20)32-17(2)22(29)27-19-12-7-4-8-13-19/h3-17H,1-2H3,(H,26,28)(H,27,29)/t16-,17+/m1/s1. The Labute approximate surface area is 190 Å². The molecule has 2 aromatic carbocycles. The first-order valence-corrected chi connectivity index (χ1v) is 10.9. The fraction of sp³-hybridized carbons (Fsp3) is 0.167. The van der Waals surface area contributed by atoms with Gasteiger partial charge in [0, 0.05) is 17.6 Å². The fourth-order valence-electron chi connectivity index (χ4n) is 2.67. The van der Waals surface area contributed by atoms with Gasteiger partial charge in [-0.05, 0) is 50.2 Å². The molecule has 0 unspecified atom stereocenters. The second kappa shape index (κ2) is 11.1. The number of para-hydroxylation sites is 2. The molecule has 2 amide bonds. The van der Waals surface area contributed by atoms with Gasteiger partial charge in [-0.2, -0.15) is 0 Å². The Morgan fingerprint density at radius 1 is 0.812 bits per heavy atom. The van der Waals surface area contributed by atoms with E-state index in [0.717, 1.165) is 11.8 Å². The number of hydrogen-bond donors (Lipinski definition) is 2. The van der Waals surface area contributed by atoms with Crippen molar-refractivity contribution in [2.75, 3.05) is 10.6 Å². The van der Waals surface area contributed by atoms with Gasteiger partial charge in [-0.25, -0.2) is 9.78 Å². The predicted molar refractivity (Wildman–Crippen MR) is 125 cm³/mol. The molecule has 2 atom stereocenters. The number of anilines is 2. The summed E-state index contributed by atoms with van der Waals surface area (Å²) in [7, 11) is 0. The molecular formula is C24H23N3O4S. The fourth-order valence-corrected chi connectivity index (χ4v) is 3.57. The van der Waals surface area contributed by atoms with E-state index in [4.69, 9.17) is 4.74 Å². The number of rotatable bonds is 8. The van der Waals surface area contributed by atoms with Crippen LogP contribution in [0.25, 0.3) is 0 Å². The zero-order chi connectivity index (χ0) is 22.9. The van der Waals surface area contributed by atoms with Gasteiger partial charge in [-0.15, -0.1) is 0 Å². The van der Waals surface area contributed by atoms with Gasteiger partial charge in [0.05, 0.1) is 10.8 Å². The first-order chi connectivity index (χ1) is 15.4. The molecule has 3 rings (SSSR count). The van der Waals surface area contributed by atoms with E-state index in [2.05, 4.69) is 15.6 Å². The van der Waals surface area contributed by atoms with Crippen LogP contribution in [0.4, 0.5) is 11.4 Å². The van der Waals surface area contributed by atoms with Crippen LogP contribution in [0.1, 0.15) is 24.2 Å². The summed E-state index contributed by atoms with van der Waals surface area (Å²) in [6.45, 7) is 3.22. The van der Waals surface area contributed by atoms with Crippen LogP contribution < -0.4 is 10.6 Å². The molecule has 0 saturated heterocycles. The number of carbonyl (C=O) groups is 3. The number of aromatic nitrogens is 1. The summed E-state index contributed by atoms with van der Waals surface area (Å²) in [6.07, 6.45) is 0.520. The molecule has 3 aromatic rings. The molecule has 0 radical (unpaired) electrons. The highest BCUT2D eigenvalue weighted by Gasteiger charge is 2.24. The van der Waals surface area contributed by atoms with E-state index in [-0.39, 0.29) is 11.5 Å². The molecule has 0 aliphatic carbocycles. The highest BCUT2D eigenvalue weighted by molar-refractivity contribution is 8.00. The molecule has 164 valence electrons. The van der Waals surface area contributed by atoms with Crippen molar-refractivity contribution >= 4 is 40.9 Å². The molecule has 0 aliphatic heterocycles. The Bertz CT molecular complexity index is 1080. The topological polar surface area (TPSA) is 97.4 Å². The number of hydrogen-bond acceptors (Lipinski definition) is 6. The van der Waals surface area contributed by atoms with Crippen LogP contribution in [0.3, 0.4) is 0 Å². The van der Waals surface area contributed by atoms with Crippen molar-refractivity contribution in [2.24, 2.45) is 0 Å². The lowest BCUT2D eigenvalue weighted by atomic mass is 10.2. The average Bonchev–Trinajstić information content (AvgIpc) is 2.80. The minimum atomic E-state index is -1.01. The Hall–Kier alpha value is -3.65. The summed E-state index contributed by atoms with van der Waals surface area (Å²) in [6, 6.07) is 21.2. The lowest BCUT2D eigenvalue weighted by Crippen LogP contribution is -2.30. The van der Waals surface area contributed by atoms with Gasteiger partial charge in [0.2, 0.25) is 5.91 Å². The summed E-state index contributed by atoms with van der Waals surface area (Å²) in [5.74, 6) is -1.35. The van der Waals surface area contributed by atoms with Crippen LogP contribution in [0, 0.1) is 0 Å². The maximum absolute atomic E-state index is 12.7. The molecule has 0 spiro atoms. The third-order valence-electron chi connectivity index (χ3n) is 4.38. The maximum Gasteiger partial charge on any atom is 0.341 e. The van der Waals surface area contributed by atoms with E-state index in [1.165, 1.54) is 13.1 Å². The number of benzene rings is 2. The molecule has 1 aromatic heterocycles. The molecule has 0 bridgehead atoms. The second-order valence-corrected chi connectivity index (χ2v) is 8.20. The molecule has 0 aliphatic rings. The van der Waals surface area contributed by atoms with E-state index < -0.39 is 23.2 Å². The molecule has 32 heavy (non-hydrogen) atoms. The van der Waals surface area contributed by atoms with E-state index in [9.17, 15) is 14.4 Å². The van der Waals surface area contributed by atoms with E-state index >= 15 is 0 Å². The van der Waals surface area contributed by atoms with Crippen LogP contribution >= 0.6 is 11.8 Å². The number of nitrogens with one attached hydrogen (secondary N) is 2. The molecule has 7 nitrogen and oxygen atoms in total. The maximum atomic E-state index is 12.7. The number of amides is 2. The Kier molecular flexibility index (Phi) is 7.99. The van der Waals surface area contributed by atoms with Gasteiger partial charge in [0.15, 0.2) is 6.10 Å². The van der Waals surface area contributed by atoms with Crippen LogP contribution in [-0.4, -0.2) is 34.1 Å². The Morgan fingerprint density at radius 2 is 1.38 bits per heavy atom. The van der Waals surface area contributed by atoms with Crippen molar-refractivity contribution in [3.05, 3.63) is 84.6 Å². The minimum absolute atomic E-state index is 0.191. The van der Waals surface area contributed by atoms with Gasteiger partial charge in [0.1, 0.15) is 5.03 Å². The lowest BCUT2D eigenvalue weighted by molar-refractivity contribution is -0.123. The van der Waals surface area contributed by atoms with E-state index in [1.54, 1.807) is 55.5 Å². The van der Waals surface area contributed by atoms with Gasteiger partial charge >= 0.3 is 5.97 Å². The van der Waals surface area contributed by atoms with Crippen molar-refractivity contribution in [3.63, 3.8) is 0 Å². The third-order valence-corrected chi connectivity index (χ3v) is 5.50. The summed E-state index contributed by atoms with van der Waals surface area (Å²) >= 11 is 1.14. The molecule has 2 N–H and O–H groups in total. The van der Waals surface area contributed by atoms with Crippen molar-refractivity contribution in [1.82, 2.24) is 4.98 Å². The highest BCUT2D eigenvalue weighted by atomic mass is 32.2. The Balaban J connectivity index is 1.62. The lowest BCUT2D eigenvalue weighted by Gasteiger charge is -2.16. The molecule has 0 saturated carbocycles. The second-order valence-electron chi connectivity index (χ2n) is 6.87. The number of thioether (sulfide) groups is 1. The minimum Gasteiger partial charge on any atom is -0.449 e. The normalized spacial score (nSPS) is 12.3. The van der Waals surface area contributed by atoms with Gasteiger partial charge < -0.3 is 15.4 Å². The number of carbonyl (C=O) groups excluding carboxylic acids is 3. The largest absolute Gasteiger partial charge is 0.449 e. The summed E-state index contributed by atoms with van der Waals surface area (Å²) < 4.78 is 5.34. The molecular weight excluding hydrogens is 426 g/mol. The Morgan fingerprint density at radius 3 is 1.97 bits per heavy atom. The van der Waals surface area contributed by atoms with E-state index in [1.807, 2.05) is 24.3 Å². The van der Waals surface area contributed by atoms with Crippen molar-refractivity contribution in [2.45, 2.75) is 30.2 Å². The summed E-state index contributed by atoms with van der Waals surface area (Å²) in [4.78, 5) is 41.8. The zero-order valence-corrected chi connectivity index (χ0v) is 18.5. The average molecular weight is 450 g/mol. The number of esters is 1. The van der Waals surface area contributed by atoms with Crippen LogP contribution in [0.15, 0.2) is 84.0 Å². The molecule has 8 heteroatoms. The van der Waals surface area contributed by atoms with Gasteiger partial charge in [0.25, 0.3) is 5.91 Å². The van der Waals surface area contributed by atoms with Crippen molar-refractivity contribution in [1.29, 1.82) is 0 Å². The SMILES string of the molecule is C[C@H](Sc1ncccc1C(=O)O[C@H](C)C(=O)Nc1ccccc1)C(=O)Nc1ccccc1. The first-order valence-electron chi connectivity index (χ1n) is 9.98. The third kappa shape index (κ3) is 6.42. The van der Waals surface area contributed by atoms with Crippen molar-refractivity contribution in [3.8, 4) is 0 Å². The monoisotopic (exact) mass is 449 g/mol. The summed E-state index contributed by atoms with van der Waals surface area (Å²) in [5.41, 5.74) is 1.48. The van der Waals surface area contributed by atoms with Crippen molar-refractivity contribution < 1.29 is 19.1 Å². The number of ether oxygens (including phenoxy) is 1.